The zero-order chi connectivity index (χ0) is 19.7. The van der Waals surface area contributed by atoms with Gasteiger partial charge in [0.25, 0.3) is 5.91 Å². The van der Waals surface area contributed by atoms with E-state index in [1.54, 1.807) is 0 Å². The van der Waals surface area contributed by atoms with Gasteiger partial charge in [-0.1, -0.05) is 6.07 Å². The van der Waals surface area contributed by atoms with Crippen LogP contribution in [-0.4, -0.2) is 63.8 Å². The van der Waals surface area contributed by atoms with Crippen molar-refractivity contribution in [1.29, 1.82) is 0 Å². The average molecular weight is 384 g/mol. The van der Waals surface area contributed by atoms with Gasteiger partial charge in [-0.2, -0.15) is 0 Å². The van der Waals surface area contributed by atoms with E-state index >= 15 is 0 Å². The molecule has 0 unspecified atom stereocenters. The molecule has 1 atom stereocenters. The Kier molecular flexibility index (Phi) is 5.35. The van der Waals surface area contributed by atoms with Crippen LogP contribution in [0.5, 0.6) is 0 Å². The van der Waals surface area contributed by atoms with Crippen molar-refractivity contribution in [2.24, 2.45) is 0 Å². The van der Waals surface area contributed by atoms with E-state index < -0.39 is 0 Å². The van der Waals surface area contributed by atoms with Gasteiger partial charge in [-0.15, -0.1) is 0 Å². The van der Waals surface area contributed by atoms with Crippen LogP contribution in [0.15, 0.2) is 18.3 Å². The summed E-state index contributed by atoms with van der Waals surface area (Å²) in [4.78, 5) is 34.2. The molecule has 2 aliphatic heterocycles. The molecule has 0 bridgehead atoms. The first kappa shape index (κ1) is 18.9. The second-order valence-corrected chi connectivity index (χ2v) is 7.80. The smallest absolute Gasteiger partial charge is 0.323 e. The highest BCUT2D eigenvalue weighted by Gasteiger charge is 2.34. The molecular weight excluding hydrogens is 356 g/mol. The Labute approximate surface area is 165 Å². The van der Waals surface area contributed by atoms with Gasteiger partial charge in [0.15, 0.2) is 5.69 Å². The van der Waals surface area contributed by atoms with Crippen LogP contribution in [0, 0.1) is 6.92 Å². The highest BCUT2D eigenvalue weighted by atomic mass is 16.5. The fraction of sp³-hybridized carbons (Fsp3) is 0.571. The zero-order valence-corrected chi connectivity index (χ0v) is 16.7. The molecule has 0 spiro atoms. The number of fused-ring (bicyclic) bond motifs is 1. The number of hydrogen-bond donors (Lipinski definition) is 0. The molecular formula is C21H28N4O3. The molecule has 28 heavy (non-hydrogen) atoms. The number of likely N-dealkylation sites (tertiary alicyclic amines) is 2. The van der Waals surface area contributed by atoms with Crippen LogP contribution in [0.4, 0.5) is 0 Å². The molecule has 7 nitrogen and oxygen atoms in total. The third kappa shape index (κ3) is 3.39. The topological polar surface area (TPSA) is 67.2 Å². The molecule has 0 N–H and O–H groups in total. The Morgan fingerprint density at radius 1 is 1.18 bits per heavy atom. The first-order valence-corrected chi connectivity index (χ1v) is 10.2. The van der Waals surface area contributed by atoms with Crippen molar-refractivity contribution < 1.29 is 14.3 Å². The Morgan fingerprint density at radius 2 is 1.96 bits per heavy atom. The van der Waals surface area contributed by atoms with Crippen molar-refractivity contribution >= 4 is 17.5 Å². The van der Waals surface area contributed by atoms with Gasteiger partial charge >= 0.3 is 5.97 Å². The number of carbonyl (C=O) groups is 2. The first-order valence-electron chi connectivity index (χ1n) is 10.2. The van der Waals surface area contributed by atoms with E-state index in [1.165, 1.54) is 13.5 Å². The number of nitrogens with zero attached hydrogens (tertiary/aromatic N) is 4. The zero-order valence-electron chi connectivity index (χ0n) is 16.7. The van der Waals surface area contributed by atoms with Crippen molar-refractivity contribution in [3.63, 3.8) is 0 Å². The standard InChI is InChI=1S/C21H28N4O3/c1-15-8-6-13-25-17(14-24-12-7-9-16(24)21(27)28-2)18(22-19(15)25)20(26)23-10-4-3-5-11-23/h6,8,13,16H,3-5,7,9-12,14H2,1-2H3/t16-/m0/s1. The minimum Gasteiger partial charge on any atom is -0.468 e. The Bertz CT molecular complexity index is 885. The molecule has 2 aromatic rings. The lowest BCUT2D eigenvalue weighted by molar-refractivity contribution is -0.146. The number of pyridine rings is 1. The van der Waals surface area contributed by atoms with Crippen LogP contribution < -0.4 is 0 Å². The van der Waals surface area contributed by atoms with Gasteiger partial charge in [0.1, 0.15) is 11.7 Å². The lowest BCUT2D eigenvalue weighted by atomic mass is 10.1. The van der Waals surface area contributed by atoms with Gasteiger partial charge in [0.05, 0.1) is 12.8 Å². The maximum absolute atomic E-state index is 13.3. The first-order chi connectivity index (χ1) is 13.6. The summed E-state index contributed by atoms with van der Waals surface area (Å²) in [6, 6.07) is 3.73. The fourth-order valence-electron chi connectivity index (χ4n) is 4.43. The van der Waals surface area contributed by atoms with Crippen molar-refractivity contribution in [2.45, 2.75) is 51.6 Å². The third-order valence-electron chi connectivity index (χ3n) is 5.98. The Balaban J connectivity index is 1.72. The van der Waals surface area contributed by atoms with Crippen LogP contribution >= 0.6 is 0 Å². The lowest BCUT2D eigenvalue weighted by Gasteiger charge is -2.27. The van der Waals surface area contributed by atoms with Crippen molar-refractivity contribution in [3.05, 3.63) is 35.3 Å². The fourth-order valence-corrected chi connectivity index (χ4v) is 4.43. The molecule has 0 aromatic carbocycles. The summed E-state index contributed by atoms with van der Waals surface area (Å²) in [6.45, 7) is 4.92. The molecule has 7 heteroatoms. The monoisotopic (exact) mass is 384 g/mol. The van der Waals surface area contributed by atoms with Crippen molar-refractivity contribution in [2.75, 3.05) is 26.7 Å². The summed E-state index contributed by atoms with van der Waals surface area (Å²) in [5, 5.41) is 0. The van der Waals surface area contributed by atoms with Gasteiger partial charge in [0, 0.05) is 25.8 Å². The summed E-state index contributed by atoms with van der Waals surface area (Å²) in [6.07, 6.45) is 6.97. The Morgan fingerprint density at radius 3 is 2.71 bits per heavy atom. The number of aromatic nitrogens is 2. The molecule has 0 saturated carbocycles. The van der Waals surface area contributed by atoms with E-state index in [4.69, 9.17) is 9.72 Å². The maximum Gasteiger partial charge on any atom is 0.323 e. The second-order valence-electron chi connectivity index (χ2n) is 7.80. The van der Waals surface area contributed by atoms with Crippen LogP contribution in [0.1, 0.15) is 53.8 Å². The molecule has 2 aliphatic rings. The van der Waals surface area contributed by atoms with Crippen molar-refractivity contribution in [3.8, 4) is 0 Å². The van der Waals surface area contributed by atoms with E-state index in [9.17, 15) is 9.59 Å². The molecule has 150 valence electrons. The number of carbonyl (C=O) groups excluding carboxylic acids is 2. The van der Waals surface area contributed by atoms with Crippen LogP contribution in [-0.2, 0) is 16.1 Å². The molecule has 0 aliphatic carbocycles. The summed E-state index contributed by atoms with van der Waals surface area (Å²) in [7, 11) is 1.43. The van der Waals surface area contributed by atoms with Gasteiger partial charge in [-0.05, 0) is 57.2 Å². The van der Waals surface area contributed by atoms with Crippen LogP contribution in [0.25, 0.3) is 5.65 Å². The third-order valence-corrected chi connectivity index (χ3v) is 5.98. The quantitative estimate of drug-likeness (QED) is 0.758. The molecule has 4 heterocycles. The van der Waals surface area contributed by atoms with E-state index in [1.807, 2.05) is 34.6 Å². The Hall–Kier alpha value is -2.41. The minimum absolute atomic E-state index is 0.00612. The van der Waals surface area contributed by atoms with E-state index in [-0.39, 0.29) is 17.9 Å². The summed E-state index contributed by atoms with van der Waals surface area (Å²) >= 11 is 0. The number of esters is 1. The highest BCUT2D eigenvalue weighted by Crippen LogP contribution is 2.25. The SMILES string of the molecule is COC(=O)[C@@H]1CCCN1Cc1c(C(=O)N2CCCCC2)nc2c(C)cccn12. The predicted octanol–water partition coefficient (Wildman–Crippen LogP) is 2.41. The molecule has 2 aromatic heterocycles. The van der Waals surface area contributed by atoms with E-state index in [0.29, 0.717) is 12.2 Å². The number of ether oxygens (including phenoxy) is 1. The molecule has 4 rings (SSSR count). The van der Waals surface area contributed by atoms with E-state index in [2.05, 4.69) is 4.90 Å². The summed E-state index contributed by atoms with van der Waals surface area (Å²) in [5.41, 5.74) is 3.23. The molecule has 0 radical (unpaired) electrons. The molecule has 2 saturated heterocycles. The van der Waals surface area contributed by atoms with Gasteiger partial charge in [-0.25, -0.2) is 4.98 Å². The lowest BCUT2D eigenvalue weighted by Crippen LogP contribution is -2.39. The van der Waals surface area contributed by atoms with Gasteiger partial charge in [-0.3, -0.25) is 14.5 Å². The highest BCUT2D eigenvalue weighted by molar-refractivity contribution is 5.94. The predicted molar refractivity (Wildman–Crippen MR) is 105 cm³/mol. The largest absolute Gasteiger partial charge is 0.468 e. The van der Waals surface area contributed by atoms with Crippen LogP contribution in [0.2, 0.25) is 0 Å². The number of imidazole rings is 1. The number of amides is 1. The number of aryl methyl sites for hydroxylation is 1. The van der Waals surface area contributed by atoms with E-state index in [0.717, 1.165) is 62.2 Å². The minimum atomic E-state index is -0.252. The molecule has 1 amide bonds. The second kappa shape index (κ2) is 7.91. The number of methoxy groups -OCH3 is 1. The summed E-state index contributed by atoms with van der Waals surface area (Å²) in [5.74, 6) is -0.196. The van der Waals surface area contributed by atoms with Crippen molar-refractivity contribution in [1.82, 2.24) is 19.2 Å². The normalized spacial score (nSPS) is 20.6. The van der Waals surface area contributed by atoms with Crippen LogP contribution in [0.3, 0.4) is 0 Å². The number of piperidine rings is 1. The maximum atomic E-state index is 13.3. The van der Waals surface area contributed by atoms with Gasteiger partial charge < -0.3 is 14.0 Å². The summed E-state index contributed by atoms with van der Waals surface area (Å²) < 4.78 is 7.00. The number of hydrogen-bond acceptors (Lipinski definition) is 5. The van der Waals surface area contributed by atoms with Gasteiger partial charge in [0.2, 0.25) is 0 Å². The average Bonchev–Trinajstić information content (AvgIpc) is 3.34. The number of rotatable bonds is 4. The molecule has 2 fully saturated rings.